The fourth-order valence-corrected chi connectivity index (χ4v) is 13.8. The first-order valence-electron chi connectivity index (χ1n) is 19.4. The van der Waals surface area contributed by atoms with Gasteiger partial charge in [0.15, 0.2) is 11.9 Å². The molecule has 3 N–H and O–H groups in total. The van der Waals surface area contributed by atoms with Crippen molar-refractivity contribution in [3.8, 4) is 0 Å². The zero-order valence-electron chi connectivity index (χ0n) is 31.6. The molecule has 6 fully saturated rings. The Balaban J connectivity index is 1.06. The number of hydrogen-bond acceptors (Lipinski definition) is 7. The average molecular weight is 688 g/mol. The summed E-state index contributed by atoms with van der Waals surface area (Å²) in [6, 6.07) is 4.35. The number of fused-ring (bicyclic) bond motifs is 12. The van der Waals surface area contributed by atoms with Gasteiger partial charge in [0.2, 0.25) is 0 Å². The van der Waals surface area contributed by atoms with E-state index in [0.717, 1.165) is 48.8 Å². The maximum atomic E-state index is 13.5. The van der Waals surface area contributed by atoms with Gasteiger partial charge in [-0.05, 0) is 135 Å². The fraction of sp³-hybridized carbons (Fsp3) is 0.762. The molecule has 1 spiro atoms. The van der Waals surface area contributed by atoms with Crippen molar-refractivity contribution in [1.82, 2.24) is 4.98 Å². The van der Waals surface area contributed by atoms with E-state index in [9.17, 15) is 10.2 Å². The van der Waals surface area contributed by atoms with Crippen LogP contribution >= 0.6 is 0 Å². The fourth-order valence-electron chi connectivity index (χ4n) is 13.8. The van der Waals surface area contributed by atoms with Gasteiger partial charge in [-0.15, -0.1) is 0 Å². The van der Waals surface area contributed by atoms with Crippen LogP contribution in [0.5, 0.6) is 0 Å². The summed E-state index contributed by atoms with van der Waals surface area (Å²) in [6.07, 6.45) is 5.04. The van der Waals surface area contributed by atoms with Crippen LogP contribution in [0.25, 0.3) is 10.9 Å². The number of aromatic nitrogens is 1. The number of aliphatic hydroxyl groups excluding tert-OH is 1. The first kappa shape index (κ1) is 32.8. The lowest BCUT2D eigenvalue weighted by Gasteiger charge is -2.66. The van der Waals surface area contributed by atoms with Crippen molar-refractivity contribution in [2.24, 2.45) is 23.2 Å². The third kappa shape index (κ3) is 3.59. The summed E-state index contributed by atoms with van der Waals surface area (Å²) in [5.41, 5.74) is 3.34. The van der Waals surface area contributed by atoms with Crippen LogP contribution in [0, 0.1) is 23.2 Å². The van der Waals surface area contributed by atoms with Crippen molar-refractivity contribution >= 4 is 10.9 Å². The Morgan fingerprint density at radius 2 is 1.62 bits per heavy atom. The van der Waals surface area contributed by atoms with Gasteiger partial charge in [-0.25, -0.2) is 0 Å². The van der Waals surface area contributed by atoms with E-state index in [1.165, 1.54) is 22.2 Å². The average Bonchev–Trinajstić information content (AvgIpc) is 3.51. The molecule has 0 bridgehead atoms. The quantitative estimate of drug-likeness (QED) is 0.226. The molecule has 272 valence electrons. The lowest BCUT2D eigenvalue weighted by Crippen LogP contribution is -2.77. The van der Waals surface area contributed by atoms with Gasteiger partial charge in [-0.1, -0.05) is 25.5 Å². The highest BCUT2D eigenvalue weighted by atomic mass is 16.8. The van der Waals surface area contributed by atoms with Gasteiger partial charge in [0.25, 0.3) is 0 Å². The molecule has 13 atom stereocenters. The van der Waals surface area contributed by atoms with Crippen molar-refractivity contribution in [3.63, 3.8) is 0 Å². The number of aromatic amines is 1. The molecule has 0 radical (unpaired) electrons. The highest BCUT2D eigenvalue weighted by Gasteiger charge is 2.87. The summed E-state index contributed by atoms with van der Waals surface area (Å²) < 4.78 is 33.5. The smallest absolute Gasteiger partial charge is 0.178 e. The summed E-state index contributed by atoms with van der Waals surface area (Å²) in [7, 11) is 0. The Kier molecular flexibility index (Phi) is 6.22. The van der Waals surface area contributed by atoms with Crippen LogP contribution in [-0.4, -0.2) is 73.9 Å². The van der Waals surface area contributed by atoms with Crippen molar-refractivity contribution in [2.45, 2.75) is 178 Å². The van der Waals surface area contributed by atoms with Crippen LogP contribution in [0.4, 0.5) is 0 Å². The van der Waals surface area contributed by atoms with Crippen LogP contribution < -0.4 is 0 Å². The van der Waals surface area contributed by atoms with E-state index in [1.54, 1.807) is 0 Å². The molecule has 1 aromatic heterocycles. The summed E-state index contributed by atoms with van der Waals surface area (Å²) in [5.74, 6) is 0.660. The van der Waals surface area contributed by atoms with Gasteiger partial charge >= 0.3 is 0 Å². The third-order valence-corrected chi connectivity index (χ3v) is 16.1. The second-order valence-electron chi connectivity index (χ2n) is 19.8. The van der Waals surface area contributed by atoms with Crippen LogP contribution in [0.3, 0.4) is 0 Å². The third-order valence-electron chi connectivity index (χ3n) is 16.1. The van der Waals surface area contributed by atoms with Crippen molar-refractivity contribution in [3.05, 3.63) is 46.2 Å². The molecule has 3 unspecified atom stereocenters. The van der Waals surface area contributed by atoms with Gasteiger partial charge < -0.3 is 38.9 Å². The number of H-pyrrole nitrogens is 1. The van der Waals surface area contributed by atoms with E-state index in [2.05, 4.69) is 86.4 Å². The molecule has 10 rings (SSSR count). The molecule has 2 saturated carbocycles. The summed E-state index contributed by atoms with van der Waals surface area (Å²) in [4.78, 5) is 3.99. The van der Waals surface area contributed by atoms with Gasteiger partial charge in [0, 0.05) is 33.3 Å². The number of rotatable bonds is 1. The zero-order valence-corrected chi connectivity index (χ0v) is 31.6. The minimum Gasteiger partial charge on any atom is -0.388 e. The molecule has 1 aromatic carbocycles. The summed E-state index contributed by atoms with van der Waals surface area (Å²) in [5, 5.41) is 26.7. The van der Waals surface area contributed by atoms with E-state index in [4.69, 9.17) is 23.7 Å². The lowest BCUT2D eigenvalue weighted by atomic mass is 9.40. The predicted molar refractivity (Wildman–Crippen MR) is 189 cm³/mol. The number of nitrogens with one attached hydrogen (secondary N) is 1. The number of hydrogen-bond donors (Lipinski definition) is 3. The highest BCUT2D eigenvalue weighted by molar-refractivity contribution is 5.91. The number of epoxide rings is 1. The molecule has 0 amide bonds. The minimum absolute atomic E-state index is 0.0456. The molecular weight excluding hydrogens is 630 g/mol. The van der Waals surface area contributed by atoms with Crippen LogP contribution in [0.2, 0.25) is 0 Å². The molecule has 5 heterocycles. The topological polar surface area (TPSA) is 106 Å². The molecule has 4 saturated heterocycles. The maximum Gasteiger partial charge on any atom is 0.178 e. The summed E-state index contributed by atoms with van der Waals surface area (Å²) >= 11 is 0. The van der Waals surface area contributed by atoms with Crippen LogP contribution in [0.1, 0.15) is 123 Å². The van der Waals surface area contributed by atoms with Crippen LogP contribution in [0.15, 0.2) is 23.8 Å². The second kappa shape index (κ2) is 9.47. The van der Waals surface area contributed by atoms with Gasteiger partial charge in [-0.2, -0.15) is 0 Å². The number of allylic oxidation sites excluding steroid dienone is 1. The monoisotopic (exact) mass is 687 g/mol. The van der Waals surface area contributed by atoms with E-state index in [1.807, 2.05) is 6.08 Å². The largest absolute Gasteiger partial charge is 0.388 e. The molecule has 4 aliphatic heterocycles. The molecule has 8 heteroatoms. The number of ether oxygens (including phenoxy) is 5. The van der Waals surface area contributed by atoms with E-state index < -0.39 is 40.2 Å². The van der Waals surface area contributed by atoms with Gasteiger partial charge in [0.05, 0.1) is 29.0 Å². The van der Waals surface area contributed by atoms with Gasteiger partial charge in [-0.3, -0.25) is 0 Å². The normalized spacial score (nSPS) is 49.7. The first-order valence-corrected chi connectivity index (χ1v) is 19.4. The maximum absolute atomic E-state index is 13.5. The van der Waals surface area contributed by atoms with Crippen molar-refractivity contribution < 1.29 is 33.9 Å². The minimum atomic E-state index is -1.10. The predicted octanol–water partition coefficient (Wildman–Crippen LogP) is 6.72. The van der Waals surface area contributed by atoms with Crippen molar-refractivity contribution in [2.75, 3.05) is 0 Å². The molecule has 4 aliphatic carbocycles. The molecule has 2 aromatic rings. The Morgan fingerprint density at radius 3 is 2.36 bits per heavy atom. The van der Waals surface area contributed by atoms with E-state index >= 15 is 0 Å². The Hall–Kier alpha value is -1.78. The van der Waals surface area contributed by atoms with Crippen molar-refractivity contribution in [1.29, 1.82) is 0 Å². The number of benzene rings is 1. The van der Waals surface area contributed by atoms with Crippen LogP contribution in [-0.2, 0) is 41.9 Å². The standard InChI is InChI=1S/C42H57NO7/c1-20(2)17-28-47-32-34(38(7,8)48-28)46-27-14-15-39(9)40(10)21(13-16-41(39,45)42(27)35(32)49-42)18-24-29-23-19-25-30(37(5,6)50-36(25,3)4)31(44)22(23)11-12-26(29)43-33(24)40/h11-12,17,21,25,27-28,30-32,34-35,43-45H,13-16,18-19H2,1-10H3/t21-,25?,27?,28-,30?,31-,32+,34-,35+,39+,40+,41-,42-/m0/s1. The molecule has 50 heavy (non-hydrogen) atoms. The highest BCUT2D eigenvalue weighted by Crippen LogP contribution is 2.75. The lowest BCUT2D eigenvalue weighted by molar-refractivity contribution is -0.343. The Bertz CT molecular complexity index is 1850. The molecule has 8 nitrogen and oxygen atoms in total. The Labute approximate surface area is 296 Å². The SMILES string of the molecule is CC(C)=C[C@H]1O[C@H]2[C@H]3O[C@@]34C(CC[C@@]3(C)[C@@]4(O)CC[C@H]4Cc5c([nH]c6ccc7c(c56)CC5C([C@H]7O)C(C)(C)OC5(C)C)[C@@]43C)O[C@@H]2C(C)(C)O1. The van der Waals surface area contributed by atoms with Gasteiger partial charge in [0.1, 0.15) is 23.9 Å². The Morgan fingerprint density at radius 1 is 0.860 bits per heavy atom. The first-order chi connectivity index (χ1) is 23.3. The van der Waals surface area contributed by atoms with E-state index in [-0.39, 0.29) is 47.3 Å². The summed E-state index contributed by atoms with van der Waals surface area (Å²) in [6.45, 7) is 21.8. The van der Waals surface area contributed by atoms with E-state index in [0.29, 0.717) is 12.3 Å². The second-order valence-corrected chi connectivity index (χ2v) is 19.8. The number of aliphatic hydroxyl groups is 2. The molecular formula is C42H57NO7. The molecule has 8 aliphatic rings. The zero-order chi connectivity index (χ0) is 35.3.